The Morgan fingerprint density at radius 2 is 2.33 bits per heavy atom. The minimum Gasteiger partial charge on any atom is -0.481 e. The lowest BCUT2D eigenvalue weighted by Crippen LogP contribution is -2.35. The van der Waals surface area contributed by atoms with E-state index >= 15 is 0 Å². The quantitative estimate of drug-likeness (QED) is 0.526. The maximum absolute atomic E-state index is 10.9. The summed E-state index contributed by atoms with van der Waals surface area (Å²) in [4.78, 5) is 21.1. The smallest absolute Gasteiger partial charge is 0.303 e. The molecule has 0 bridgehead atoms. The topological polar surface area (TPSA) is 78.4 Å². The largest absolute Gasteiger partial charge is 0.481 e. The number of nitrogens with one attached hydrogen (secondary N) is 2. The first-order valence-electron chi connectivity index (χ1n) is 5.40. The average Bonchev–Trinajstić information content (AvgIpc) is 2.57. The van der Waals surface area contributed by atoms with Crippen LogP contribution in [0.5, 0.6) is 0 Å². The summed E-state index contributed by atoms with van der Waals surface area (Å²) in [5.41, 5.74) is 0. The van der Waals surface area contributed by atoms with Crippen molar-refractivity contribution in [1.29, 1.82) is 0 Å². The number of hydrogen-bond donors (Lipinski definition) is 3. The van der Waals surface area contributed by atoms with Crippen LogP contribution < -0.4 is 10.6 Å². The predicted octanol–water partition coefficient (Wildman–Crippen LogP) is 0.110. The van der Waals surface area contributed by atoms with Crippen LogP contribution in [0, 0.1) is 0 Å². The Labute approximate surface area is 89.2 Å². The Kier molecular flexibility index (Phi) is 5.10. The molecule has 0 saturated carbocycles. The van der Waals surface area contributed by atoms with Gasteiger partial charge in [-0.25, -0.2) is 0 Å². The number of carboxylic acid groups (broad SMARTS) is 1. The number of carboxylic acids is 1. The number of hydrogen-bond acceptors (Lipinski definition) is 3. The fourth-order valence-electron chi connectivity index (χ4n) is 1.63. The van der Waals surface area contributed by atoms with Gasteiger partial charge in [0, 0.05) is 25.4 Å². The van der Waals surface area contributed by atoms with Gasteiger partial charge in [0.15, 0.2) is 0 Å². The van der Waals surface area contributed by atoms with Crippen LogP contribution >= 0.6 is 0 Å². The van der Waals surface area contributed by atoms with E-state index in [0.29, 0.717) is 12.8 Å². The SMILES string of the molecule is O=C(O)CCCCNCC1CCC(=O)N1. The molecule has 1 atom stereocenters. The number of rotatable bonds is 7. The van der Waals surface area contributed by atoms with Crippen molar-refractivity contribution in [2.24, 2.45) is 0 Å². The zero-order valence-corrected chi connectivity index (χ0v) is 8.79. The maximum atomic E-state index is 10.9. The maximum Gasteiger partial charge on any atom is 0.303 e. The Morgan fingerprint density at radius 3 is 2.93 bits per heavy atom. The Bertz CT molecular complexity index is 231. The van der Waals surface area contributed by atoms with Crippen LogP contribution in [0.1, 0.15) is 32.1 Å². The number of aliphatic carboxylic acids is 1. The fourth-order valence-corrected chi connectivity index (χ4v) is 1.63. The van der Waals surface area contributed by atoms with E-state index in [1.165, 1.54) is 0 Å². The summed E-state index contributed by atoms with van der Waals surface area (Å²) in [5.74, 6) is -0.606. The van der Waals surface area contributed by atoms with E-state index in [4.69, 9.17) is 5.11 Å². The number of amides is 1. The van der Waals surface area contributed by atoms with Crippen molar-refractivity contribution in [3.8, 4) is 0 Å². The molecule has 0 aliphatic carbocycles. The first-order chi connectivity index (χ1) is 7.18. The Hall–Kier alpha value is -1.10. The van der Waals surface area contributed by atoms with Crippen molar-refractivity contribution < 1.29 is 14.7 Å². The molecule has 15 heavy (non-hydrogen) atoms. The van der Waals surface area contributed by atoms with Crippen molar-refractivity contribution in [2.45, 2.75) is 38.1 Å². The van der Waals surface area contributed by atoms with Crippen LogP contribution in [0.4, 0.5) is 0 Å². The lowest BCUT2D eigenvalue weighted by atomic mass is 10.2. The molecule has 0 spiro atoms. The number of unbranched alkanes of at least 4 members (excludes halogenated alkanes) is 1. The molecule has 5 heteroatoms. The molecule has 0 aromatic heterocycles. The van der Waals surface area contributed by atoms with Gasteiger partial charge in [-0.3, -0.25) is 9.59 Å². The van der Waals surface area contributed by atoms with E-state index in [2.05, 4.69) is 10.6 Å². The highest BCUT2D eigenvalue weighted by atomic mass is 16.4. The average molecular weight is 214 g/mol. The van der Waals surface area contributed by atoms with Gasteiger partial charge in [0.1, 0.15) is 0 Å². The minimum atomic E-state index is -0.738. The molecule has 0 aromatic carbocycles. The standard InChI is InChI=1S/C10H18N2O3/c13-9-5-4-8(12-9)7-11-6-2-1-3-10(14)15/h8,11H,1-7H2,(H,12,13)(H,14,15). The summed E-state index contributed by atoms with van der Waals surface area (Å²) in [6.07, 6.45) is 3.35. The molecule has 1 saturated heterocycles. The Morgan fingerprint density at radius 1 is 1.53 bits per heavy atom. The van der Waals surface area contributed by atoms with E-state index in [1.807, 2.05) is 0 Å². The second-order valence-electron chi connectivity index (χ2n) is 3.86. The summed E-state index contributed by atoms with van der Waals surface area (Å²) < 4.78 is 0. The number of carbonyl (C=O) groups is 2. The van der Waals surface area contributed by atoms with Crippen molar-refractivity contribution >= 4 is 11.9 Å². The van der Waals surface area contributed by atoms with E-state index in [9.17, 15) is 9.59 Å². The molecule has 5 nitrogen and oxygen atoms in total. The monoisotopic (exact) mass is 214 g/mol. The zero-order valence-electron chi connectivity index (χ0n) is 8.79. The van der Waals surface area contributed by atoms with Crippen LogP contribution in [0.25, 0.3) is 0 Å². The van der Waals surface area contributed by atoms with Crippen LogP contribution in [0.2, 0.25) is 0 Å². The second-order valence-corrected chi connectivity index (χ2v) is 3.86. The van der Waals surface area contributed by atoms with Crippen molar-refractivity contribution in [2.75, 3.05) is 13.1 Å². The summed E-state index contributed by atoms with van der Waals surface area (Å²) in [7, 11) is 0. The third-order valence-corrected chi connectivity index (χ3v) is 2.47. The van der Waals surface area contributed by atoms with Crippen LogP contribution in [0.15, 0.2) is 0 Å². The van der Waals surface area contributed by atoms with E-state index in [0.717, 1.165) is 25.9 Å². The molecule has 1 aliphatic rings. The third-order valence-electron chi connectivity index (χ3n) is 2.47. The molecule has 1 rings (SSSR count). The molecule has 0 radical (unpaired) electrons. The van der Waals surface area contributed by atoms with Gasteiger partial charge in [0.2, 0.25) is 5.91 Å². The molecule has 1 amide bonds. The zero-order chi connectivity index (χ0) is 11.1. The van der Waals surface area contributed by atoms with Crippen LogP contribution in [-0.2, 0) is 9.59 Å². The van der Waals surface area contributed by atoms with Crippen molar-refractivity contribution in [3.63, 3.8) is 0 Å². The normalized spacial score (nSPS) is 20.3. The van der Waals surface area contributed by atoms with E-state index < -0.39 is 5.97 Å². The van der Waals surface area contributed by atoms with E-state index in [-0.39, 0.29) is 18.4 Å². The van der Waals surface area contributed by atoms with Gasteiger partial charge < -0.3 is 15.7 Å². The molecule has 1 heterocycles. The van der Waals surface area contributed by atoms with Gasteiger partial charge >= 0.3 is 5.97 Å². The van der Waals surface area contributed by atoms with Crippen molar-refractivity contribution in [3.05, 3.63) is 0 Å². The molecule has 86 valence electrons. The second kappa shape index (κ2) is 6.40. The minimum absolute atomic E-state index is 0.132. The first-order valence-corrected chi connectivity index (χ1v) is 5.40. The van der Waals surface area contributed by atoms with Gasteiger partial charge in [-0.2, -0.15) is 0 Å². The van der Waals surface area contributed by atoms with Gasteiger partial charge in [-0.1, -0.05) is 0 Å². The molecular formula is C10H18N2O3. The summed E-state index contributed by atoms with van der Waals surface area (Å²) in [6.45, 7) is 1.61. The lowest BCUT2D eigenvalue weighted by Gasteiger charge is -2.10. The van der Waals surface area contributed by atoms with Gasteiger partial charge in [-0.15, -0.1) is 0 Å². The number of carbonyl (C=O) groups excluding carboxylic acids is 1. The van der Waals surface area contributed by atoms with E-state index in [1.54, 1.807) is 0 Å². The van der Waals surface area contributed by atoms with Gasteiger partial charge in [-0.05, 0) is 25.8 Å². The third kappa shape index (κ3) is 5.37. The molecule has 0 aromatic rings. The highest BCUT2D eigenvalue weighted by Crippen LogP contribution is 2.04. The Balaban J connectivity index is 1.89. The fraction of sp³-hybridized carbons (Fsp3) is 0.800. The summed E-state index contributed by atoms with van der Waals surface area (Å²) >= 11 is 0. The van der Waals surface area contributed by atoms with Crippen LogP contribution in [-0.4, -0.2) is 36.1 Å². The molecule has 1 unspecified atom stereocenters. The lowest BCUT2D eigenvalue weighted by molar-refractivity contribution is -0.137. The summed E-state index contributed by atoms with van der Waals surface area (Å²) in [6, 6.07) is 0.261. The first kappa shape index (κ1) is 12.0. The highest BCUT2D eigenvalue weighted by molar-refractivity contribution is 5.78. The molecule has 3 N–H and O–H groups in total. The van der Waals surface area contributed by atoms with Crippen molar-refractivity contribution in [1.82, 2.24) is 10.6 Å². The molecular weight excluding hydrogens is 196 g/mol. The predicted molar refractivity (Wildman–Crippen MR) is 55.5 cm³/mol. The highest BCUT2D eigenvalue weighted by Gasteiger charge is 2.19. The summed E-state index contributed by atoms with van der Waals surface area (Å²) in [5, 5.41) is 14.5. The van der Waals surface area contributed by atoms with Gasteiger partial charge in [0.25, 0.3) is 0 Å². The van der Waals surface area contributed by atoms with Gasteiger partial charge in [0.05, 0.1) is 0 Å². The molecule has 1 aliphatic heterocycles. The molecule has 1 fully saturated rings. The van der Waals surface area contributed by atoms with Crippen LogP contribution in [0.3, 0.4) is 0 Å².